The SMILES string of the molecule is COc1ccc(CC(=O)O[C@@H](C)C(=O)Nc2c(C)cccc2C(C)C)cc1F. The largest absolute Gasteiger partial charge is 0.494 e. The number of anilines is 1. The molecule has 0 bridgehead atoms. The van der Waals surface area contributed by atoms with E-state index in [2.05, 4.69) is 5.32 Å². The Kier molecular flexibility index (Phi) is 7.15. The maximum atomic E-state index is 13.7. The molecule has 0 radical (unpaired) electrons. The number of para-hydroxylation sites is 1. The number of methoxy groups -OCH3 is 1. The van der Waals surface area contributed by atoms with E-state index in [1.807, 2.05) is 39.0 Å². The highest BCUT2D eigenvalue weighted by atomic mass is 19.1. The molecule has 0 saturated heterocycles. The summed E-state index contributed by atoms with van der Waals surface area (Å²) in [5.74, 6) is -1.24. The number of rotatable bonds is 7. The minimum absolute atomic E-state index is 0.101. The Hall–Kier alpha value is -2.89. The third-order valence-electron chi connectivity index (χ3n) is 4.42. The summed E-state index contributed by atoms with van der Waals surface area (Å²) >= 11 is 0. The first-order chi connectivity index (χ1) is 13.2. The smallest absolute Gasteiger partial charge is 0.311 e. The van der Waals surface area contributed by atoms with Crippen LogP contribution in [0.1, 0.15) is 43.4 Å². The van der Waals surface area contributed by atoms with Crippen molar-refractivity contribution < 1.29 is 23.5 Å². The van der Waals surface area contributed by atoms with Crippen LogP contribution < -0.4 is 10.1 Å². The molecule has 5 nitrogen and oxygen atoms in total. The summed E-state index contributed by atoms with van der Waals surface area (Å²) in [5, 5.41) is 2.86. The molecule has 0 saturated carbocycles. The normalized spacial score (nSPS) is 11.8. The summed E-state index contributed by atoms with van der Waals surface area (Å²) < 4.78 is 23.8. The van der Waals surface area contributed by atoms with Gasteiger partial charge in [0.05, 0.1) is 13.5 Å². The van der Waals surface area contributed by atoms with Crippen molar-refractivity contribution in [1.29, 1.82) is 0 Å². The van der Waals surface area contributed by atoms with E-state index in [4.69, 9.17) is 9.47 Å². The summed E-state index contributed by atoms with van der Waals surface area (Å²) in [7, 11) is 1.37. The molecule has 1 N–H and O–H groups in total. The fourth-order valence-corrected chi connectivity index (χ4v) is 2.85. The summed E-state index contributed by atoms with van der Waals surface area (Å²) in [6.45, 7) is 7.51. The number of halogens is 1. The van der Waals surface area contributed by atoms with Gasteiger partial charge in [0, 0.05) is 5.69 Å². The zero-order valence-electron chi connectivity index (χ0n) is 16.8. The van der Waals surface area contributed by atoms with Crippen LogP contribution >= 0.6 is 0 Å². The fraction of sp³-hybridized carbons (Fsp3) is 0.364. The third-order valence-corrected chi connectivity index (χ3v) is 4.42. The molecular weight excluding hydrogens is 361 g/mol. The van der Waals surface area contributed by atoms with Crippen LogP contribution in [0.25, 0.3) is 0 Å². The molecule has 0 fully saturated rings. The molecule has 150 valence electrons. The van der Waals surface area contributed by atoms with Crippen LogP contribution in [-0.2, 0) is 20.7 Å². The lowest BCUT2D eigenvalue weighted by Gasteiger charge is -2.19. The number of hydrogen-bond acceptors (Lipinski definition) is 4. The van der Waals surface area contributed by atoms with E-state index in [9.17, 15) is 14.0 Å². The number of benzene rings is 2. The molecule has 0 aromatic heterocycles. The molecule has 0 aliphatic carbocycles. The third kappa shape index (κ3) is 5.31. The first-order valence-corrected chi connectivity index (χ1v) is 9.15. The van der Waals surface area contributed by atoms with Crippen LogP contribution in [0.3, 0.4) is 0 Å². The van der Waals surface area contributed by atoms with E-state index < -0.39 is 23.8 Å². The van der Waals surface area contributed by atoms with Gasteiger partial charge in [-0.1, -0.05) is 38.1 Å². The number of amides is 1. The Bertz CT molecular complexity index is 864. The lowest BCUT2D eigenvalue weighted by atomic mass is 9.98. The van der Waals surface area contributed by atoms with Gasteiger partial charge in [-0.25, -0.2) is 4.39 Å². The van der Waals surface area contributed by atoms with E-state index in [1.54, 1.807) is 6.07 Å². The second-order valence-corrected chi connectivity index (χ2v) is 6.96. The first kappa shape index (κ1) is 21.4. The van der Waals surface area contributed by atoms with Crippen molar-refractivity contribution in [2.45, 2.75) is 46.1 Å². The van der Waals surface area contributed by atoms with Crippen LogP contribution in [0, 0.1) is 12.7 Å². The van der Waals surface area contributed by atoms with Crippen molar-refractivity contribution in [2.75, 3.05) is 12.4 Å². The molecule has 1 amide bonds. The summed E-state index contributed by atoms with van der Waals surface area (Å²) in [4.78, 5) is 24.6. The first-order valence-electron chi connectivity index (χ1n) is 9.15. The van der Waals surface area contributed by atoms with Gasteiger partial charge in [0.15, 0.2) is 17.7 Å². The number of esters is 1. The zero-order chi connectivity index (χ0) is 20.8. The van der Waals surface area contributed by atoms with Gasteiger partial charge in [-0.3, -0.25) is 9.59 Å². The van der Waals surface area contributed by atoms with Crippen molar-refractivity contribution in [3.8, 4) is 5.75 Å². The Balaban J connectivity index is 2.01. The number of aryl methyl sites for hydroxylation is 1. The fourth-order valence-electron chi connectivity index (χ4n) is 2.85. The van der Waals surface area contributed by atoms with Crippen LogP contribution in [0.5, 0.6) is 5.75 Å². The molecule has 0 unspecified atom stereocenters. The van der Waals surface area contributed by atoms with Gasteiger partial charge in [0.2, 0.25) is 0 Å². The molecule has 28 heavy (non-hydrogen) atoms. The summed E-state index contributed by atoms with van der Waals surface area (Å²) in [5.41, 5.74) is 3.13. The van der Waals surface area contributed by atoms with Gasteiger partial charge in [-0.2, -0.15) is 0 Å². The molecule has 0 heterocycles. The minimum atomic E-state index is -0.977. The average molecular weight is 387 g/mol. The van der Waals surface area contributed by atoms with Crippen molar-refractivity contribution in [1.82, 2.24) is 0 Å². The second-order valence-electron chi connectivity index (χ2n) is 6.96. The highest BCUT2D eigenvalue weighted by Gasteiger charge is 2.21. The standard InChI is InChI=1S/C22H26FNO4/c1-13(2)17-8-6-7-14(3)21(17)24-22(26)15(4)28-20(25)12-16-9-10-19(27-5)18(23)11-16/h6-11,13,15H,12H2,1-5H3,(H,24,26)/t15-/m0/s1. The Morgan fingerprint density at radius 1 is 1.14 bits per heavy atom. The van der Waals surface area contributed by atoms with E-state index >= 15 is 0 Å². The lowest BCUT2D eigenvalue weighted by molar-refractivity contribution is -0.152. The van der Waals surface area contributed by atoms with E-state index in [-0.39, 0.29) is 18.1 Å². The predicted octanol–water partition coefficient (Wildman–Crippen LogP) is 4.38. The maximum absolute atomic E-state index is 13.7. The summed E-state index contributed by atoms with van der Waals surface area (Å²) in [6, 6.07) is 10.1. The molecule has 6 heteroatoms. The van der Waals surface area contributed by atoms with Gasteiger partial charge in [0.25, 0.3) is 5.91 Å². The van der Waals surface area contributed by atoms with E-state index in [1.165, 1.54) is 26.2 Å². The van der Waals surface area contributed by atoms with Gasteiger partial charge < -0.3 is 14.8 Å². The number of carbonyl (C=O) groups excluding carboxylic acids is 2. The van der Waals surface area contributed by atoms with Gasteiger partial charge >= 0.3 is 5.97 Å². The Morgan fingerprint density at radius 3 is 2.46 bits per heavy atom. The topological polar surface area (TPSA) is 64.6 Å². The number of hydrogen-bond donors (Lipinski definition) is 1. The summed E-state index contributed by atoms with van der Waals surface area (Å²) in [6.07, 6.45) is -1.12. The number of ether oxygens (including phenoxy) is 2. The van der Waals surface area contributed by atoms with Crippen molar-refractivity contribution >= 4 is 17.6 Å². The molecule has 0 aliphatic heterocycles. The van der Waals surface area contributed by atoms with Crippen LogP contribution in [-0.4, -0.2) is 25.1 Å². The van der Waals surface area contributed by atoms with Gasteiger partial charge in [0.1, 0.15) is 0 Å². The Labute approximate surface area is 164 Å². The maximum Gasteiger partial charge on any atom is 0.311 e. The molecule has 2 aromatic carbocycles. The molecule has 0 spiro atoms. The number of carbonyl (C=O) groups is 2. The average Bonchev–Trinajstić information content (AvgIpc) is 2.63. The van der Waals surface area contributed by atoms with Gasteiger partial charge in [-0.05, 0) is 48.6 Å². The van der Waals surface area contributed by atoms with Crippen molar-refractivity contribution in [3.05, 3.63) is 58.9 Å². The number of nitrogens with one attached hydrogen (secondary N) is 1. The van der Waals surface area contributed by atoms with Crippen LogP contribution in [0.15, 0.2) is 36.4 Å². The van der Waals surface area contributed by atoms with Crippen LogP contribution in [0.4, 0.5) is 10.1 Å². The quantitative estimate of drug-likeness (QED) is 0.716. The second kappa shape index (κ2) is 9.35. The molecular formula is C22H26FNO4. The van der Waals surface area contributed by atoms with E-state index in [0.717, 1.165) is 16.8 Å². The highest BCUT2D eigenvalue weighted by molar-refractivity contribution is 5.96. The predicted molar refractivity (Wildman–Crippen MR) is 106 cm³/mol. The van der Waals surface area contributed by atoms with Crippen LogP contribution in [0.2, 0.25) is 0 Å². The Morgan fingerprint density at radius 2 is 1.86 bits per heavy atom. The van der Waals surface area contributed by atoms with Crippen molar-refractivity contribution in [3.63, 3.8) is 0 Å². The zero-order valence-corrected chi connectivity index (χ0v) is 16.8. The lowest BCUT2D eigenvalue weighted by Crippen LogP contribution is -2.31. The minimum Gasteiger partial charge on any atom is -0.494 e. The highest BCUT2D eigenvalue weighted by Crippen LogP contribution is 2.27. The van der Waals surface area contributed by atoms with E-state index in [0.29, 0.717) is 5.56 Å². The molecule has 0 aliphatic rings. The molecule has 2 rings (SSSR count). The molecule has 1 atom stereocenters. The monoisotopic (exact) mass is 387 g/mol. The molecule has 2 aromatic rings. The van der Waals surface area contributed by atoms with Gasteiger partial charge in [-0.15, -0.1) is 0 Å². The van der Waals surface area contributed by atoms with Crippen molar-refractivity contribution in [2.24, 2.45) is 0 Å².